The zero-order valence-electron chi connectivity index (χ0n) is 10.2. The van der Waals surface area contributed by atoms with Crippen LogP contribution in [0.5, 0.6) is 0 Å². The van der Waals surface area contributed by atoms with Gasteiger partial charge in [0.2, 0.25) is 0 Å². The number of fused-ring (bicyclic) bond motifs is 1. The Hall–Kier alpha value is -0.840. The number of carbonyl (C=O) groups excluding carboxylic acids is 1. The maximum atomic E-state index is 12.0. The number of likely N-dealkylation sites (tertiary alicyclic amines) is 1. The maximum Gasteiger partial charge on any atom is 0.410 e. The van der Waals surface area contributed by atoms with E-state index in [1.54, 1.807) is 4.90 Å². The number of nitroso groups, excluding NO2 is 1. The highest BCUT2D eigenvalue weighted by Crippen LogP contribution is 2.49. The van der Waals surface area contributed by atoms with Crippen LogP contribution in [0.3, 0.4) is 0 Å². The number of halogens is 1. The molecule has 0 radical (unpaired) electrons. The molecule has 1 amide bonds. The number of ether oxygens (including phenoxy) is 1. The second-order valence-electron chi connectivity index (χ2n) is 5.73. The molecule has 0 spiro atoms. The first kappa shape index (κ1) is 12.6. The van der Waals surface area contributed by atoms with Gasteiger partial charge in [0.1, 0.15) is 5.60 Å². The fourth-order valence-corrected chi connectivity index (χ4v) is 2.62. The monoisotopic (exact) mass is 260 g/mol. The van der Waals surface area contributed by atoms with Gasteiger partial charge in [0.05, 0.1) is 6.04 Å². The Labute approximate surface area is 105 Å². The number of amides is 1. The number of carbonyl (C=O) groups is 1. The number of hydrogen-bond donors (Lipinski definition) is 0. The van der Waals surface area contributed by atoms with Crippen molar-refractivity contribution in [2.24, 2.45) is 11.1 Å². The molecule has 4 atom stereocenters. The first-order valence-corrected chi connectivity index (χ1v) is 6.25. The molecule has 1 saturated heterocycles. The third-order valence-corrected chi connectivity index (χ3v) is 3.54. The van der Waals surface area contributed by atoms with Crippen LogP contribution in [0.15, 0.2) is 5.18 Å². The Kier molecular flexibility index (Phi) is 3.06. The number of rotatable bonds is 2. The lowest BCUT2D eigenvalue weighted by Gasteiger charge is -2.30. The maximum absolute atomic E-state index is 12.0. The minimum absolute atomic E-state index is 0.192. The summed E-state index contributed by atoms with van der Waals surface area (Å²) < 4.78 is 5.33. The van der Waals surface area contributed by atoms with Crippen LogP contribution in [0.25, 0.3) is 0 Å². The lowest BCUT2D eigenvalue weighted by atomic mass is 10.1. The van der Waals surface area contributed by atoms with Crippen molar-refractivity contribution < 1.29 is 9.53 Å². The normalized spacial score (nSPS) is 32.9. The average Bonchev–Trinajstić information content (AvgIpc) is 2.85. The van der Waals surface area contributed by atoms with E-state index in [4.69, 9.17) is 16.3 Å². The summed E-state index contributed by atoms with van der Waals surface area (Å²) in [5, 5.41) is 2.82. The molecule has 17 heavy (non-hydrogen) atoms. The highest BCUT2D eigenvalue weighted by atomic mass is 35.5. The van der Waals surface area contributed by atoms with Gasteiger partial charge in [0.25, 0.3) is 0 Å². The van der Waals surface area contributed by atoms with Crippen molar-refractivity contribution in [3.8, 4) is 0 Å². The minimum Gasteiger partial charge on any atom is -0.444 e. The first-order chi connectivity index (χ1) is 7.83. The lowest BCUT2D eigenvalue weighted by molar-refractivity contribution is 0.0182. The van der Waals surface area contributed by atoms with Crippen molar-refractivity contribution in [3.05, 3.63) is 4.91 Å². The molecule has 6 heteroatoms. The standard InChI is InChI=1S/C11H17ClN2O3/c1-11(2,3)17-10(15)14-7-4-6(7)5-8(14)9(12)13-16/h6-9H,4-5H2,1-3H3/t6-,7-,8-,9?/m1/s1. The SMILES string of the molecule is CC(C)(C)OC(=O)N1[C@@H](C(Cl)N=O)C[C@H]2C[C@H]21. The molecule has 2 fully saturated rings. The van der Waals surface area contributed by atoms with Crippen molar-refractivity contribution in [2.75, 3.05) is 0 Å². The quantitative estimate of drug-likeness (QED) is 0.436. The molecule has 2 aliphatic rings. The zero-order chi connectivity index (χ0) is 12.8. The molecule has 0 aromatic rings. The van der Waals surface area contributed by atoms with E-state index in [1.165, 1.54) is 0 Å². The largest absolute Gasteiger partial charge is 0.444 e. The van der Waals surface area contributed by atoms with Crippen molar-refractivity contribution in [1.82, 2.24) is 4.90 Å². The predicted octanol–water partition coefficient (Wildman–Crippen LogP) is 2.72. The molecule has 1 heterocycles. The van der Waals surface area contributed by atoms with E-state index in [9.17, 15) is 9.70 Å². The topological polar surface area (TPSA) is 59.0 Å². The number of hydrogen-bond acceptors (Lipinski definition) is 4. The number of alkyl halides is 1. The van der Waals surface area contributed by atoms with Crippen molar-refractivity contribution in [2.45, 2.75) is 56.8 Å². The van der Waals surface area contributed by atoms with Crippen molar-refractivity contribution in [3.63, 3.8) is 0 Å². The van der Waals surface area contributed by atoms with Gasteiger partial charge in [0, 0.05) is 6.04 Å². The summed E-state index contributed by atoms with van der Waals surface area (Å²) in [5.41, 5.74) is -1.42. The third-order valence-electron chi connectivity index (χ3n) is 3.17. The van der Waals surface area contributed by atoms with E-state index in [-0.39, 0.29) is 18.2 Å². The lowest BCUT2D eigenvalue weighted by Crippen LogP contribution is -2.45. The Morgan fingerprint density at radius 1 is 1.47 bits per heavy atom. The molecule has 1 unspecified atom stereocenters. The molecular weight excluding hydrogens is 244 g/mol. The van der Waals surface area contributed by atoms with E-state index in [0.717, 1.165) is 12.8 Å². The highest BCUT2D eigenvalue weighted by Gasteiger charge is 2.57. The van der Waals surface area contributed by atoms with E-state index in [0.29, 0.717) is 5.92 Å². The van der Waals surface area contributed by atoms with Crippen LogP contribution in [0, 0.1) is 10.8 Å². The van der Waals surface area contributed by atoms with Gasteiger partial charge in [-0.2, -0.15) is 0 Å². The Balaban J connectivity index is 2.07. The first-order valence-electron chi connectivity index (χ1n) is 5.81. The van der Waals surface area contributed by atoms with Crippen LogP contribution in [0.4, 0.5) is 4.79 Å². The third kappa shape index (κ3) is 2.54. The highest BCUT2D eigenvalue weighted by molar-refractivity contribution is 6.21. The molecule has 0 aromatic carbocycles. The second kappa shape index (κ2) is 4.12. The van der Waals surface area contributed by atoms with Crippen molar-refractivity contribution >= 4 is 17.7 Å². The van der Waals surface area contributed by atoms with E-state index in [1.807, 2.05) is 20.8 Å². The number of piperidine rings is 1. The van der Waals surface area contributed by atoms with Crippen LogP contribution >= 0.6 is 11.6 Å². The molecule has 1 aliphatic carbocycles. The summed E-state index contributed by atoms with van der Waals surface area (Å²) in [7, 11) is 0. The van der Waals surface area contributed by atoms with Gasteiger partial charge < -0.3 is 4.74 Å². The summed E-state index contributed by atoms with van der Waals surface area (Å²) in [6, 6.07) is -0.120. The van der Waals surface area contributed by atoms with Gasteiger partial charge in [-0.05, 0) is 44.7 Å². The molecule has 1 aliphatic heterocycles. The van der Waals surface area contributed by atoms with Crippen LogP contribution in [-0.2, 0) is 4.74 Å². The van der Waals surface area contributed by atoms with Gasteiger partial charge in [-0.3, -0.25) is 4.90 Å². The molecular formula is C11H17ClN2O3. The summed E-state index contributed by atoms with van der Waals surface area (Å²) in [4.78, 5) is 24.1. The van der Waals surface area contributed by atoms with Crippen LogP contribution in [-0.4, -0.2) is 34.2 Å². The molecule has 2 rings (SSSR count). The zero-order valence-corrected chi connectivity index (χ0v) is 11.0. The van der Waals surface area contributed by atoms with Crippen LogP contribution in [0.2, 0.25) is 0 Å². The summed E-state index contributed by atoms with van der Waals surface area (Å²) >= 11 is 5.84. The molecule has 0 bridgehead atoms. The van der Waals surface area contributed by atoms with Gasteiger partial charge >= 0.3 is 6.09 Å². The van der Waals surface area contributed by atoms with Crippen LogP contribution in [0.1, 0.15) is 33.6 Å². The van der Waals surface area contributed by atoms with Crippen molar-refractivity contribution in [1.29, 1.82) is 0 Å². The minimum atomic E-state index is -0.879. The van der Waals surface area contributed by atoms with E-state index >= 15 is 0 Å². The second-order valence-corrected chi connectivity index (χ2v) is 6.18. The van der Waals surface area contributed by atoms with E-state index in [2.05, 4.69) is 5.18 Å². The van der Waals surface area contributed by atoms with Gasteiger partial charge in [-0.1, -0.05) is 11.6 Å². The summed E-state index contributed by atoms with van der Waals surface area (Å²) in [5.74, 6) is 0.468. The van der Waals surface area contributed by atoms with Gasteiger partial charge in [0.15, 0.2) is 5.50 Å². The molecule has 96 valence electrons. The van der Waals surface area contributed by atoms with E-state index < -0.39 is 11.1 Å². The molecule has 0 aromatic heterocycles. The Bertz CT molecular complexity index is 342. The molecule has 1 saturated carbocycles. The molecule has 0 N–H and O–H groups in total. The number of nitrogens with zero attached hydrogens (tertiary/aromatic N) is 2. The fraction of sp³-hybridized carbons (Fsp3) is 0.909. The van der Waals surface area contributed by atoms with Gasteiger partial charge in [-0.15, -0.1) is 4.91 Å². The van der Waals surface area contributed by atoms with Gasteiger partial charge in [-0.25, -0.2) is 4.79 Å². The predicted molar refractivity (Wildman–Crippen MR) is 63.8 cm³/mol. The van der Waals surface area contributed by atoms with Crippen LogP contribution < -0.4 is 0 Å². The average molecular weight is 261 g/mol. The smallest absolute Gasteiger partial charge is 0.410 e. The fourth-order valence-electron chi connectivity index (χ4n) is 2.40. The summed E-state index contributed by atoms with van der Waals surface area (Å²) in [6.45, 7) is 5.45. The summed E-state index contributed by atoms with van der Waals surface area (Å²) in [6.07, 6.45) is 1.35. The Morgan fingerprint density at radius 2 is 2.12 bits per heavy atom. The Morgan fingerprint density at radius 3 is 2.65 bits per heavy atom. The molecule has 5 nitrogen and oxygen atoms in total.